The van der Waals surface area contributed by atoms with Gasteiger partial charge in [-0.1, -0.05) is 13.8 Å². The van der Waals surface area contributed by atoms with Crippen LogP contribution in [0.4, 0.5) is 5.82 Å². The molecule has 1 rings (SSSR count). The Morgan fingerprint density at radius 3 is 2.67 bits per heavy atom. The number of carbonyl (C=O) groups is 1. The van der Waals surface area contributed by atoms with Crippen LogP contribution < -0.4 is 11.1 Å². The minimum Gasteiger partial charge on any atom is -0.382 e. The maximum Gasteiger partial charge on any atom is 0.269 e. The van der Waals surface area contributed by atoms with Crippen molar-refractivity contribution in [3.8, 4) is 0 Å². The Hall–Kier alpha value is -1.56. The van der Waals surface area contributed by atoms with Crippen LogP contribution in [0.2, 0.25) is 0 Å². The second kappa shape index (κ2) is 7.00. The van der Waals surface area contributed by atoms with Gasteiger partial charge in [0.25, 0.3) is 5.91 Å². The van der Waals surface area contributed by atoms with Crippen molar-refractivity contribution in [1.82, 2.24) is 20.0 Å². The smallest absolute Gasteiger partial charge is 0.269 e. The number of rotatable bonds is 7. The summed E-state index contributed by atoms with van der Waals surface area (Å²) in [6.45, 7) is 10.3. The molecule has 0 saturated carbocycles. The number of anilines is 1. The SMILES string of the molecule is CCN(CC)CCNC(=O)c1cc(N)nn1CC. The molecular weight excluding hydrogens is 230 g/mol. The average molecular weight is 253 g/mol. The van der Waals surface area contributed by atoms with E-state index in [-0.39, 0.29) is 5.91 Å². The molecule has 1 aromatic heterocycles. The van der Waals surface area contributed by atoms with E-state index in [0.29, 0.717) is 24.6 Å². The highest BCUT2D eigenvalue weighted by Gasteiger charge is 2.12. The lowest BCUT2D eigenvalue weighted by Gasteiger charge is -2.17. The van der Waals surface area contributed by atoms with Gasteiger partial charge >= 0.3 is 0 Å². The Balaban J connectivity index is 2.50. The Kier molecular flexibility index (Phi) is 5.64. The fourth-order valence-electron chi connectivity index (χ4n) is 1.82. The molecule has 0 atom stereocenters. The zero-order valence-corrected chi connectivity index (χ0v) is 11.4. The van der Waals surface area contributed by atoms with E-state index >= 15 is 0 Å². The fourth-order valence-corrected chi connectivity index (χ4v) is 1.82. The van der Waals surface area contributed by atoms with Gasteiger partial charge in [0, 0.05) is 25.7 Å². The zero-order chi connectivity index (χ0) is 13.5. The van der Waals surface area contributed by atoms with Crippen molar-refractivity contribution in [2.45, 2.75) is 27.3 Å². The molecule has 0 aliphatic carbocycles. The van der Waals surface area contributed by atoms with Gasteiger partial charge in [-0.25, -0.2) is 0 Å². The summed E-state index contributed by atoms with van der Waals surface area (Å²) in [5.41, 5.74) is 6.12. The van der Waals surface area contributed by atoms with Crippen molar-refractivity contribution in [3.63, 3.8) is 0 Å². The van der Waals surface area contributed by atoms with Crippen molar-refractivity contribution in [2.24, 2.45) is 0 Å². The molecule has 0 spiro atoms. The summed E-state index contributed by atoms with van der Waals surface area (Å²) >= 11 is 0. The standard InChI is InChI=1S/C12H23N5O/c1-4-16(5-2)8-7-14-12(18)10-9-11(13)15-17(10)6-3/h9H,4-8H2,1-3H3,(H2,13,15)(H,14,18). The highest BCUT2D eigenvalue weighted by Crippen LogP contribution is 2.05. The third kappa shape index (κ3) is 3.73. The molecule has 1 aromatic rings. The molecule has 6 nitrogen and oxygen atoms in total. The molecule has 102 valence electrons. The van der Waals surface area contributed by atoms with Crippen LogP contribution in [0, 0.1) is 0 Å². The van der Waals surface area contributed by atoms with Crippen LogP contribution in [-0.4, -0.2) is 46.8 Å². The van der Waals surface area contributed by atoms with Crippen molar-refractivity contribution in [1.29, 1.82) is 0 Å². The van der Waals surface area contributed by atoms with Crippen molar-refractivity contribution < 1.29 is 4.79 Å². The van der Waals surface area contributed by atoms with Crippen LogP contribution in [-0.2, 0) is 6.54 Å². The molecule has 0 fully saturated rings. The maximum atomic E-state index is 11.9. The zero-order valence-electron chi connectivity index (χ0n) is 11.4. The highest BCUT2D eigenvalue weighted by molar-refractivity contribution is 5.93. The molecule has 0 saturated heterocycles. The minimum absolute atomic E-state index is 0.117. The number of nitrogen functional groups attached to an aromatic ring is 1. The highest BCUT2D eigenvalue weighted by atomic mass is 16.2. The summed E-state index contributed by atoms with van der Waals surface area (Å²) in [5, 5.41) is 6.94. The Morgan fingerprint density at radius 2 is 2.11 bits per heavy atom. The first-order valence-corrected chi connectivity index (χ1v) is 6.46. The predicted molar refractivity (Wildman–Crippen MR) is 72.4 cm³/mol. The van der Waals surface area contributed by atoms with Crippen LogP contribution >= 0.6 is 0 Å². The quantitative estimate of drug-likeness (QED) is 0.744. The van der Waals surface area contributed by atoms with Crippen molar-refractivity contribution in [3.05, 3.63) is 11.8 Å². The first kappa shape index (κ1) is 14.5. The van der Waals surface area contributed by atoms with E-state index in [4.69, 9.17) is 5.73 Å². The Bertz CT molecular complexity index is 384. The lowest BCUT2D eigenvalue weighted by molar-refractivity contribution is 0.0938. The molecule has 3 N–H and O–H groups in total. The van der Waals surface area contributed by atoms with E-state index < -0.39 is 0 Å². The lowest BCUT2D eigenvalue weighted by atomic mass is 10.3. The Morgan fingerprint density at radius 1 is 1.44 bits per heavy atom. The molecule has 18 heavy (non-hydrogen) atoms. The van der Waals surface area contributed by atoms with Gasteiger partial charge in [-0.05, 0) is 20.0 Å². The average Bonchev–Trinajstić information content (AvgIpc) is 2.75. The van der Waals surface area contributed by atoms with E-state index in [1.54, 1.807) is 10.7 Å². The predicted octanol–water partition coefficient (Wildman–Crippen LogP) is 0.557. The number of nitrogens with zero attached hydrogens (tertiary/aromatic N) is 3. The van der Waals surface area contributed by atoms with Gasteiger partial charge in [-0.2, -0.15) is 5.10 Å². The fraction of sp³-hybridized carbons (Fsp3) is 0.667. The summed E-state index contributed by atoms with van der Waals surface area (Å²) in [4.78, 5) is 14.2. The van der Waals surface area contributed by atoms with Gasteiger partial charge in [0.05, 0.1) is 0 Å². The number of nitrogens with two attached hydrogens (primary N) is 1. The van der Waals surface area contributed by atoms with Crippen LogP contribution in [0.3, 0.4) is 0 Å². The lowest BCUT2D eigenvalue weighted by Crippen LogP contribution is -2.35. The van der Waals surface area contributed by atoms with Crippen LogP contribution in [0.5, 0.6) is 0 Å². The van der Waals surface area contributed by atoms with Crippen molar-refractivity contribution >= 4 is 11.7 Å². The molecule has 0 bridgehead atoms. The minimum atomic E-state index is -0.117. The summed E-state index contributed by atoms with van der Waals surface area (Å²) < 4.78 is 1.61. The number of aromatic nitrogens is 2. The third-order valence-corrected chi connectivity index (χ3v) is 2.94. The second-order valence-electron chi connectivity index (χ2n) is 4.05. The molecular formula is C12H23N5O. The van der Waals surface area contributed by atoms with Crippen LogP contribution in [0.15, 0.2) is 6.07 Å². The van der Waals surface area contributed by atoms with Crippen LogP contribution in [0.1, 0.15) is 31.3 Å². The van der Waals surface area contributed by atoms with Gasteiger partial charge < -0.3 is 16.0 Å². The summed E-state index contributed by atoms with van der Waals surface area (Å²) in [5.74, 6) is 0.263. The molecule has 0 aromatic carbocycles. The molecule has 1 heterocycles. The first-order valence-electron chi connectivity index (χ1n) is 6.46. The molecule has 0 aliphatic heterocycles. The number of likely N-dealkylation sites (N-methyl/N-ethyl adjacent to an activating group) is 1. The van der Waals surface area contributed by atoms with Gasteiger partial charge in [-0.15, -0.1) is 0 Å². The van der Waals surface area contributed by atoms with Crippen LogP contribution in [0.25, 0.3) is 0 Å². The van der Waals surface area contributed by atoms with Gasteiger partial charge in [0.15, 0.2) is 0 Å². The number of hydrogen-bond acceptors (Lipinski definition) is 4. The van der Waals surface area contributed by atoms with E-state index in [1.807, 2.05) is 6.92 Å². The molecule has 1 amide bonds. The monoisotopic (exact) mass is 253 g/mol. The van der Waals surface area contributed by atoms with Gasteiger partial charge in [-0.3, -0.25) is 9.48 Å². The van der Waals surface area contributed by atoms with Crippen molar-refractivity contribution in [2.75, 3.05) is 31.9 Å². The number of nitrogens with one attached hydrogen (secondary N) is 1. The van der Waals surface area contributed by atoms with E-state index in [9.17, 15) is 4.79 Å². The second-order valence-corrected chi connectivity index (χ2v) is 4.05. The third-order valence-electron chi connectivity index (χ3n) is 2.94. The number of carbonyl (C=O) groups excluding carboxylic acids is 1. The number of amides is 1. The number of aryl methyl sites for hydroxylation is 1. The summed E-state index contributed by atoms with van der Waals surface area (Å²) in [7, 11) is 0. The number of hydrogen-bond donors (Lipinski definition) is 2. The topological polar surface area (TPSA) is 76.2 Å². The van der Waals surface area contributed by atoms with E-state index in [2.05, 4.69) is 29.2 Å². The van der Waals surface area contributed by atoms with E-state index in [1.165, 1.54) is 0 Å². The summed E-state index contributed by atoms with van der Waals surface area (Å²) in [6, 6.07) is 1.61. The molecule has 0 aliphatic rings. The van der Waals surface area contributed by atoms with E-state index in [0.717, 1.165) is 19.6 Å². The Labute approximate surface area is 108 Å². The first-order chi connectivity index (χ1) is 8.62. The normalized spacial score (nSPS) is 10.9. The van der Waals surface area contributed by atoms with Gasteiger partial charge in [0.1, 0.15) is 11.5 Å². The molecule has 0 unspecified atom stereocenters. The molecule has 0 radical (unpaired) electrons. The maximum absolute atomic E-state index is 11.9. The van der Waals surface area contributed by atoms with Gasteiger partial charge in [0.2, 0.25) is 0 Å². The largest absolute Gasteiger partial charge is 0.382 e. The summed E-state index contributed by atoms with van der Waals surface area (Å²) in [6.07, 6.45) is 0. The molecule has 6 heteroatoms.